The van der Waals surface area contributed by atoms with Crippen molar-refractivity contribution in [1.29, 1.82) is 0 Å². The van der Waals surface area contributed by atoms with Gasteiger partial charge in [0.2, 0.25) is 0 Å². The average Bonchev–Trinajstić information content (AvgIpc) is 2.82. The molecule has 2 rings (SSSR count). The van der Waals surface area contributed by atoms with Gasteiger partial charge in [-0.25, -0.2) is 0 Å². The number of carbonyl (C=O) groups excluding carboxylic acids is 1. The molecule has 1 aliphatic carbocycles. The molecule has 1 heterocycles. The van der Waals surface area contributed by atoms with Crippen molar-refractivity contribution in [3.8, 4) is 0 Å². The second kappa shape index (κ2) is 6.05. The number of carbonyl (C=O) groups is 1. The van der Waals surface area contributed by atoms with E-state index in [9.17, 15) is 4.79 Å². The Morgan fingerprint density at radius 2 is 2.11 bits per heavy atom. The first-order chi connectivity index (χ1) is 8.68. The first kappa shape index (κ1) is 13.9. The van der Waals surface area contributed by atoms with Crippen LogP contribution in [0.1, 0.15) is 65.2 Å². The van der Waals surface area contributed by atoms with Gasteiger partial charge in [-0.05, 0) is 51.0 Å². The summed E-state index contributed by atoms with van der Waals surface area (Å²) in [5.74, 6) is 0.545. The maximum absolute atomic E-state index is 12.5. The van der Waals surface area contributed by atoms with E-state index in [1.165, 1.54) is 19.3 Å². The molecule has 3 unspecified atom stereocenters. The molecule has 1 saturated heterocycles. The molecule has 1 aliphatic heterocycles. The maximum atomic E-state index is 12.5. The molecule has 2 aliphatic rings. The molecule has 0 aromatic heterocycles. The molecule has 2 fully saturated rings. The smallest absolute Gasteiger partial charge is 0.326 e. The van der Waals surface area contributed by atoms with Crippen molar-refractivity contribution in [2.75, 3.05) is 6.54 Å². The van der Waals surface area contributed by atoms with Crippen LogP contribution >= 0.6 is 0 Å². The van der Waals surface area contributed by atoms with Gasteiger partial charge in [0.1, 0.15) is 11.6 Å². The molecule has 0 amide bonds. The molecule has 3 heteroatoms. The third kappa shape index (κ3) is 2.87. The quantitative estimate of drug-likeness (QED) is 0.783. The number of hydrogen-bond acceptors (Lipinski definition) is 3. The van der Waals surface area contributed by atoms with Crippen LogP contribution in [-0.2, 0) is 9.53 Å². The fraction of sp³-hybridized carbons (Fsp3) is 0.933. The van der Waals surface area contributed by atoms with Gasteiger partial charge in [0, 0.05) is 0 Å². The summed E-state index contributed by atoms with van der Waals surface area (Å²) in [7, 11) is 0. The summed E-state index contributed by atoms with van der Waals surface area (Å²) in [6, 6.07) is 0. The normalized spacial score (nSPS) is 36.6. The van der Waals surface area contributed by atoms with E-state index in [0.29, 0.717) is 5.92 Å². The van der Waals surface area contributed by atoms with Crippen molar-refractivity contribution in [1.82, 2.24) is 5.32 Å². The number of ether oxygens (including phenoxy) is 1. The molecule has 0 spiro atoms. The SMILES string of the molecule is CCCC1(C(=O)OC2CCCCC2C)CCCN1. The van der Waals surface area contributed by atoms with E-state index >= 15 is 0 Å². The van der Waals surface area contributed by atoms with E-state index in [4.69, 9.17) is 4.74 Å². The highest BCUT2D eigenvalue weighted by Gasteiger charge is 2.43. The molecule has 18 heavy (non-hydrogen) atoms. The van der Waals surface area contributed by atoms with Gasteiger partial charge in [0.25, 0.3) is 0 Å². The van der Waals surface area contributed by atoms with Crippen molar-refractivity contribution in [2.24, 2.45) is 5.92 Å². The van der Waals surface area contributed by atoms with E-state index in [-0.39, 0.29) is 17.6 Å². The molecule has 3 nitrogen and oxygen atoms in total. The zero-order chi connectivity index (χ0) is 13.0. The monoisotopic (exact) mass is 253 g/mol. The van der Waals surface area contributed by atoms with Crippen molar-refractivity contribution >= 4 is 5.97 Å². The molecule has 0 bridgehead atoms. The third-order valence-electron chi connectivity index (χ3n) is 4.60. The van der Waals surface area contributed by atoms with E-state index in [2.05, 4.69) is 19.2 Å². The average molecular weight is 253 g/mol. The van der Waals surface area contributed by atoms with Gasteiger partial charge in [-0.1, -0.05) is 26.7 Å². The first-order valence-corrected chi connectivity index (χ1v) is 7.64. The van der Waals surface area contributed by atoms with Crippen LogP contribution in [0.25, 0.3) is 0 Å². The lowest BCUT2D eigenvalue weighted by atomic mass is 9.87. The molecule has 0 aromatic rings. The zero-order valence-electron chi connectivity index (χ0n) is 11.8. The fourth-order valence-electron chi connectivity index (χ4n) is 3.43. The van der Waals surface area contributed by atoms with Crippen LogP contribution in [0.4, 0.5) is 0 Å². The van der Waals surface area contributed by atoms with Gasteiger partial charge in [-0.3, -0.25) is 4.79 Å². The lowest BCUT2D eigenvalue weighted by Crippen LogP contribution is -2.50. The Morgan fingerprint density at radius 1 is 1.33 bits per heavy atom. The summed E-state index contributed by atoms with van der Waals surface area (Å²) in [4.78, 5) is 12.5. The van der Waals surface area contributed by atoms with Gasteiger partial charge in [-0.2, -0.15) is 0 Å². The second-order valence-electron chi connectivity index (χ2n) is 6.07. The van der Waals surface area contributed by atoms with Crippen LogP contribution in [0.15, 0.2) is 0 Å². The van der Waals surface area contributed by atoms with Crippen molar-refractivity contribution < 1.29 is 9.53 Å². The molecule has 0 aromatic carbocycles. The molecule has 1 N–H and O–H groups in total. The minimum Gasteiger partial charge on any atom is -0.461 e. The van der Waals surface area contributed by atoms with Crippen LogP contribution in [0.3, 0.4) is 0 Å². The van der Waals surface area contributed by atoms with E-state index in [0.717, 1.165) is 38.6 Å². The molecule has 104 valence electrons. The number of rotatable bonds is 4. The summed E-state index contributed by atoms with van der Waals surface area (Å²) < 4.78 is 5.84. The Kier molecular flexibility index (Phi) is 4.66. The Balaban J connectivity index is 1.96. The summed E-state index contributed by atoms with van der Waals surface area (Å²) >= 11 is 0. The lowest BCUT2D eigenvalue weighted by Gasteiger charge is -2.33. The largest absolute Gasteiger partial charge is 0.461 e. The predicted molar refractivity (Wildman–Crippen MR) is 72.4 cm³/mol. The molecular formula is C15H27NO2. The Hall–Kier alpha value is -0.570. The predicted octanol–water partition coefficient (Wildman–Crippen LogP) is 3.03. The van der Waals surface area contributed by atoms with E-state index in [1.807, 2.05) is 0 Å². The molecule has 0 radical (unpaired) electrons. The maximum Gasteiger partial charge on any atom is 0.326 e. The first-order valence-electron chi connectivity index (χ1n) is 7.64. The summed E-state index contributed by atoms with van der Waals surface area (Å²) in [6.45, 7) is 5.30. The van der Waals surface area contributed by atoms with Crippen molar-refractivity contribution in [3.63, 3.8) is 0 Å². The summed E-state index contributed by atoms with van der Waals surface area (Å²) in [5.41, 5.74) is -0.369. The van der Waals surface area contributed by atoms with Crippen molar-refractivity contribution in [3.05, 3.63) is 0 Å². The van der Waals surface area contributed by atoms with Gasteiger partial charge >= 0.3 is 5.97 Å². The Morgan fingerprint density at radius 3 is 2.72 bits per heavy atom. The molecule has 1 saturated carbocycles. The minimum atomic E-state index is -0.369. The van der Waals surface area contributed by atoms with Gasteiger partial charge in [0.05, 0.1) is 0 Å². The summed E-state index contributed by atoms with van der Waals surface area (Å²) in [5, 5.41) is 3.40. The summed E-state index contributed by atoms with van der Waals surface area (Å²) in [6.07, 6.45) is 8.87. The van der Waals surface area contributed by atoms with Crippen LogP contribution in [0.2, 0.25) is 0 Å². The Bertz CT molecular complexity index is 284. The van der Waals surface area contributed by atoms with E-state index in [1.54, 1.807) is 0 Å². The van der Waals surface area contributed by atoms with Gasteiger partial charge in [0.15, 0.2) is 0 Å². The standard InChI is InChI=1S/C15H27NO2/c1-3-9-15(10-6-11-16-15)14(17)18-13-8-5-4-7-12(13)2/h12-13,16H,3-11H2,1-2H3. The van der Waals surface area contributed by atoms with Gasteiger partial charge in [-0.15, -0.1) is 0 Å². The molecule has 3 atom stereocenters. The van der Waals surface area contributed by atoms with Crippen LogP contribution < -0.4 is 5.32 Å². The highest BCUT2D eigenvalue weighted by Crippen LogP contribution is 2.31. The van der Waals surface area contributed by atoms with Crippen LogP contribution in [-0.4, -0.2) is 24.2 Å². The lowest BCUT2D eigenvalue weighted by molar-refractivity contribution is -0.161. The minimum absolute atomic E-state index is 0.0144. The number of hydrogen-bond donors (Lipinski definition) is 1. The number of esters is 1. The zero-order valence-corrected chi connectivity index (χ0v) is 11.8. The second-order valence-corrected chi connectivity index (χ2v) is 6.07. The molecular weight excluding hydrogens is 226 g/mol. The van der Waals surface area contributed by atoms with E-state index < -0.39 is 0 Å². The third-order valence-corrected chi connectivity index (χ3v) is 4.60. The highest BCUT2D eigenvalue weighted by molar-refractivity contribution is 5.81. The fourth-order valence-corrected chi connectivity index (χ4v) is 3.43. The Labute approximate surface area is 111 Å². The highest BCUT2D eigenvalue weighted by atomic mass is 16.5. The van der Waals surface area contributed by atoms with Gasteiger partial charge < -0.3 is 10.1 Å². The van der Waals surface area contributed by atoms with Crippen molar-refractivity contribution in [2.45, 2.75) is 76.9 Å². The topological polar surface area (TPSA) is 38.3 Å². The van der Waals surface area contributed by atoms with Crippen LogP contribution in [0, 0.1) is 5.92 Å². The number of nitrogens with one attached hydrogen (secondary N) is 1. The van der Waals surface area contributed by atoms with Crippen LogP contribution in [0.5, 0.6) is 0 Å².